The average molecular weight is 421 g/mol. The summed E-state index contributed by atoms with van der Waals surface area (Å²) in [4.78, 5) is 0. The van der Waals surface area contributed by atoms with Gasteiger partial charge in [0.2, 0.25) is 0 Å². The molecule has 0 nitrogen and oxygen atoms in total. The van der Waals surface area contributed by atoms with Crippen molar-refractivity contribution in [2.75, 3.05) is 5.33 Å². The van der Waals surface area contributed by atoms with Crippen LogP contribution in [0.3, 0.4) is 0 Å². The van der Waals surface area contributed by atoms with Crippen LogP contribution in [0, 0.1) is 11.7 Å². The maximum absolute atomic E-state index is 13.5. The van der Waals surface area contributed by atoms with Gasteiger partial charge < -0.3 is 0 Å². The first kappa shape index (κ1) is 16.0. The second kappa shape index (κ2) is 7.58. The molecule has 0 aromatic heterocycles. The van der Waals surface area contributed by atoms with E-state index in [1.807, 2.05) is 30.3 Å². The lowest BCUT2D eigenvalue weighted by atomic mass is 9.94. The van der Waals surface area contributed by atoms with Crippen molar-refractivity contribution in [1.82, 2.24) is 0 Å². The van der Waals surface area contributed by atoms with Crippen LogP contribution < -0.4 is 0 Å². The summed E-state index contributed by atoms with van der Waals surface area (Å²) in [5.41, 5.74) is 2.25. The number of hydrogen-bond acceptors (Lipinski definition) is 0. The summed E-state index contributed by atoms with van der Waals surface area (Å²) in [6.45, 7) is 0. The fourth-order valence-corrected chi connectivity index (χ4v) is 3.16. The van der Waals surface area contributed by atoms with Gasteiger partial charge in [-0.05, 0) is 64.0 Å². The molecule has 2 rings (SSSR count). The van der Waals surface area contributed by atoms with E-state index < -0.39 is 0 Å². The molecule has 0 radical (unpaired) electrons. The Labute approximate surface area is 140 Å². The summed E-state index contributed by atoms with van der Waals surface area (Å²) in [7, 11) is 0. The quantitative estimate of drug-likeness (QED) is 0.518. The van der Waals surface area contributed by atoms with E-state index in [4.69, 9.17) is 11.6 Å². The van der Waals surface area contributed by atoms with Crippen molar-refractivity contribution in [1.29, 1.82) is 0 Å². The van der Waals surface area contributed by atoms with Crippen molar-refractivity contribution < 1.29 is 4.39 Å². The second-order valence-corrected chi connectivity index (χ2v) is 6.64. The molecule has 20 heavy (non-hydrogen) atoms. The Balaban J connectivity index is 2.09. The van der Waals surface area contributed by atoms with Crippen LogP contribution in [0.2, 0.25) is 5.02 Å². The largest absolute Gasteiger partial charge is 0.206 e. The van der Waals surface area contributed by atoms with Crippen LogP contribution in [-0.4, -0.2) is 5.33 Å². The molecule has 0 aliphatic heterocycles. The smallest absolute Gasteiger partial charge is 0.137 e. The highest BCUT2D eigenvalue weighted by atomic mass is 79.9. The highest BCUT2D eigenvalue weighted by Gasteiger charge is 2.13. The third-order valence-electron chi connectivity index (χ3n) is 3.20. The molecule has 0 saturated carbocycles. The van der Waals surface area contributed by atoms with E-state index in [1.54, 1.807) is 6.07 Å². The Morgan fingerprint density at radius 1 is 1.05 bits per heavy atom. The van der Waals surface area contributed by atoms with E-state index in [0.717, 1.165) is 28.8 Å². The highest BCUT2D eigenvalue weighted by molar-refractivity contribution is 9.10. The molecule has 0 spiro atoms. The number of halogens is 4. The zero-order chi connectivity index (χ0) is 14.5. The summed E-state index contributed by atoms with van der Waals surface area (Å²) < 4.78 is 14.1. The highest BCUT2D eigenvalue weighted by Crippen LogP contribution is 2.25. The van der Waals surface area contributed by atoms with Gasteiger partial charge in [-0.1, -0.05) is 51.8 Å². The minimum Gasteiger partial charge on any atom is -0.206 e. The number of benzene rings is 2. The fourth-order valence-electron chi connectivity index (χ4n) is 2.15. The van der Waals surface area contributed by atoms with E-state index in [-0.39, 0.29) is 5.82 Å². The molecule has 0 N–H and O–H groups in total. The van der Waals surface area contributed by atoms with Crippen LogP contribution >= 0.6 is 43.5 Å². The predicted octanol–water partition coefficient (Wildman–Crippen LogP) is 6.04. The monoisotopic (exact) mass is 418 g/mol. The standard InChI is InChI=1S/C16H14Br2ClF/c17-10-12(8-11-4-6-14(19)7-5-11)9-13-2-1-3-15(20)16(13)18/h1-7,12H,8-10H2. The van der Waals surface area contributed by atoms with E-state index in [0.29, 0.717) is 10.4 Å². The van der Waals surface area contributed by atoms with Gasteiger partial charge in [0.25, 0.3) is 0 Å². The summed E-state index contributed by atoms with van der Waals surface area (Å²) in [6, 6.07) is 13.1. The van der Waals surface area contributed by atoms with Crippen LogP contribution in [0.15, 0.2) is 46.9 Å². The summed E-state index contributed by atoms with van der Waals surface area (Å²) in [5.74, 6) is 0.205. The van der Waals surface area contributed by atoms with Crippen molar-refractivity contribution >= 4 is 43.5 Å². The predicted molar refractivity (Wildman–Crippen MR) is 90.2 cm³/mol. The van der Waals surface area contributed by atoms with Gasteiger partial charge in [0, 0.05) is 10.4 Å². The summed E-state index contributed by atoms with van der Waals surface area (Å²) in [6.07, 6.45) is 1.76. The molecule has 4 heteroatoms. The summed E-state index contributed by atoms with van der Waals surface area (Å²) in [5, 5.41) is 1.62. The Morgan fingerprint density at radius 2 is 1.75 bits per heavy atom. The van der Waals surface area contributed by atoms with Gasteiger partial charge in [0.15, 0.2) is 0 Å². The van der Waals surface area contributed by atoms with Crippen molar-refractivity contribution in [3.63, 3.8) is 0 Å². The molecule has 1 unspecified atom stereocenters. The number of alkyl halides is 1. The van der Waals surface area contributed by atoms with Crippen LogP contribution in [-0.2, 0) is 12.8 Å². The molecule has 106 valence electrons. The lowest BCUT2D eigenvalue weighted by Gasteiger charge is -2.15. The number of hydrogen-bond donors (Lipinski definition) is 0. The van der Waals surface area contributed by atoms with Crippen molar-refractivity contribution in [3.05, 3.63) is 68.9 Å². The maximum Gasteiger partial charge on any atom is 0.137 e. The Morgan fingerprint density at radius 3 is 2.40 bits per heavy atom. The van der Waals surface area contributed by atoms with Gasteiger partial charge >= 0.3 is 0 Å². The summed E-state index contributed by atoms with van der Waals surface area (Å²) >= 11 is 12.8. The third-order valence-corrected chi connectivity index (χ3v) is 5.25. The normalized spacial score (nSPS) is 12.4. The van der Waals surface area contributed by atoms with Gasteiger partial charge in [0.1, 0.15) is 5.82 Å². The minimum atomic E-state index is -0.206. The number of rotatable bonds is 5. The molecule has 2 aromatic rings. The molecule has 0 heterocycles. The van der Waals surface area contributed by atoms with Gasteiger partial charge in [0.05, 0.1) is 4.47 Å². The van der Waals surface area contributed by atoms with Gasteiger partial charge in [-0.2, -0.15) is 0 Å². The topological polar surface area (TPSA) is 0 Å². The maximum atomic E-state index is 13.5. The molecule has 2 aromatic carbocycles. The molecule has 0 amide bonds. The van der Waals surface area contributed by atoms with Gasteiger partial charge in [-0.25, -0.2) is 4.39 Å². The van der Waals surface area contributed by atoms with Crippen LogP contribution in [0.1, 0.15) is 11.1 Å². The Kier molecular flexibility index (Phi) is 6.06. The SMILES string of the molecule is Fc1cccc(CC(CBr)Cc2ccc(Cl)cc2)c1Br. The van der Waals surface area contributed by atoms with Crippen molar-refractivity contribution in [3.8, 4) is 0 Å². The Hall–Kier alpha value is -0.380. The molecule has 0 aliphatic carbocycles. The first-order valence-corrected chi connectivity index (χ1v) is 8.62. The van der Waals surface area contributed by atoms with E-state index >= 15 is 0 Å². The van der Waals surface area contributed by atoms with Crippen LogP contribution in [0.5, 0.6) is 0 Å². The minimum absolute atomic E-state index is 0.206. The Bertz CT molecular complexity index is 569. The lowest BCUT2D eigenvalue weighted by molar-refractivity contribution is 0.578. The van der Waals surface area contributed by atoms with E-state index in [2.05, 4.69) is 31.9 Å². The molecule has 0 saturated heterocycles. The average Bonchev–Trinajstić information content (AvgIpc) is 2.45. The van der Waals surface area contributed by atoms with Crippen molar-refractivity contribution in [2.45, 2.75) is 12.8 Å². The van der Waals surface area contributed by atoms with E-state index in [1.165, 1.54) is 11.6 Å². The zero-order valence-electron chi connectivity index (χ0n) is 10.8. The molecule has 0 fully saturated rings. The molecule has 0 aliphatic rings. The van der Waals surface area contributed by atoms with Crippen LogP contribution in [0.25, 0.3) is 0 Å². The third kappa shape index (κ3) is 4.31. The molecular weight excluding hydrogens is 406 g/mol. The fraction of sp³-hybridized carbons (Fsp3) is 0.250. The lowest BCUT2D eigenvalue weighted by Crippen LogP contribution is -2.10. The van der Waals surface area contributed by atoms with Crippen LogP contribution in [0.4, 0.5) is 4.39 Å². The second-order valence-electron chi connectivity index (χ2n) is 4.77. The van der Waals surface area contributed by atoms with Gasteiger partial charge in [-0.15, -0.1) is 0 Å². The first-order chi connectivity index (χ1) is 9.60. The van der Waals surface area contributed by atoms with Crippen molar-refractivity contribution in [2.24, 2.45) is 5.92 Å². The molecule has 1 atom stereocenters. The zero-order valence-corrected chi connectivity index (χ0v) is 14.7. The van der Waals surface area contributed by atoms with Gasteiger partial charge in [-0.3, -0.25) is 0 Å². The van der Waals surface area contributed by atoms with E-state index in [9.17, 15) is 4.39 Å². The molecule has 0 bridgehead atoms. The molecular formula is C16H14Br2ClF. The first-order valence-electron chi connectivity index (χ1n) is 6.33.